The number of benzene rings is 3. The molecule has 32 heavy (non-hydrogen) atoms. The molecule has 0 radical (unpaired) electrons. The highest BCUT2D eigenvalue weighted by molar-refractivity contribution is 6.09. The van der Waals surface area contributed by atoms with Crippen molar-refractivity contribution in [2.75, 3.05) is 12.4 Å². The van der Waals surface area contributed by atoms with Crippen molar-refractivity contribution in [3.8, 4) is 17.0 Å². The molecule has 2 aromatic heterocycles. The molecule has 0 bridgehead atoms. The molecular formula is C25H19FN4O2. The second-order valence-corrected chi connectivity index (χ2v) is 7.33. The molecule has 0 aliphatic heterocycles. The number of nitrogens with zero attached hydrogens (tertiary/aromatic N) is 3. The van der Waals surface area contributed by atoms with Gasteiger partial charge in [0.1, 0.15) is 23.8 Å². The second kappa shape index (κ2) is 8.11. The number of methoxy groups -OCH3 is 1. The first-order chi connectivity index (χ1) is 15.6. The van der Waals surface area contributed by atoms with E-state index >= 15 is 0 Å². The van der Waals surface area contributed by atoms with Crippen LogP contribution < -0.4 is 10.1 Å². The molecule has 5 aromatic rings. The van der Waals surface area contributed by atoms with Crippen molar-refractivity contribution in [2.45, 2.75) is 6.54 Å². The van der Waals surface area contributed by atoms with E-state index in [2.05, 4.69) is 10.3 Å². The SMILES string of the molecule is COc1ccc2ncc3c(-c4ccc(F)cc4)nn(CC(=O)Nc4ccccc4)c3c2c1. The van der Waals surface area contributed by atoms with Gasteiger partial charge in [-0.3, -0.25) is 14.5 Å². The Morgan fingerprint density at radius 3 is 2.56 bits per heavy atom. The number of carbonyl (C=O) groups excluding carboxylic acids is 1. The quantitative estimate of drug-likeness (QED) is 0.428. The number of para-hydroxylation sites is 1. The highest BCUT2D eigenvalue weighted by Crippen LogP contribution is 2.33. The monoisotopic (exact) mass is 426 g/mol. The average molecular weight is 426 g/mol. The molecule has 0 fully saturated rings. The molecule has 0 aliphatic rings. The standard InChI is InChI=1S/C25H19FN4O2/c1-32-19-11-12-22-20(13-19)25-21(14-27-22)24(16-7-9-17(26)10-8-16)29-30(25)15-23(31)28-18-5-3-2-4-6-18/h2-14H,15H2,1H3,(H,28,31). The van der Waals surface area contributed by atoms with Crippen LogP contribution in [-0.4, -0.2) is 27.8 Å². The number of ether oxygens (including phenoxy) is 1. The van der Waals surface area contributed by atoms with E-state index in [-0.39, 0.29) is 18.3 Å². The van der Waals surface area contributed by atoms with Gasteiger partial charge in [0.15, 0.2) is 0 Å². The summed E-state index contributed by atoms with van der Waals surface area (Å²) >= 11 is 0. The maximum atomic E-state index is 13.5. The van der Waals surface area contributed by atoms with Gasteiger partial charge in [-0.2, -0.15) is 5.10 Å². The first-order valence-electron chi connectivity index (χ1n) is 10.1. The first kappa shape index (κ1) is 19.7. The molecule has 2 heterocycles. The van der Waals surface area contributed by atoms with E-state index < -0.39 is 0 Å². The van der Waals surface area contributed by atoms with Crippen LogP contribution >= 0.6 is 0 Å². The van der Waals surface area contributed by atoms with Crippen molar-refractivity contribution >= 4 is 33.4 Å². The summed E-state index contributed by atoms with van der Waals surface area (Å²) in [6, 6.07) is 21.0. The number of fused-ring (bicyclic) bond motifs is 3. The normalized spacial score (nSPS) is 11.1. The summed E-state index contributed by atoms with van der Waals surface area (Å²) in [6.07, 6.45) is 1.74. The van der Waals surface area contributed by atoms with Crippen LogP contribution in [0.1, 0.15) is 0 Å². The average Bonchev–Trinajstić information content (AvgIpc) is 3.18. The Morgan fingerprint density at radius 2 is 1.81 bits per heavy atom. The van der Waals surface area contributed by atoms with E-state index in [9.17, 15) is 9.18 Å². The molecule has 0 aliphatic carbocycles. The molecule has 7 heteroatoms. The highest BCUT2D eigenvalue weighted by atomic mass is 19.1. The molecule has 1 amide bonds. The van der Waals surface area contributed by atoms with Gasteiger partial charge in [0.05, 0.1) is 18.1 Å². The zero-order valence-corrected chi connectivity index (χ0v) is 17.2. The van der Waals surface area contributed by atoms with Crippen molar-refractivity contribution < 1.29 is 13.9 Å². The molecule has 3 aromatic carbocycles. The molecule has 0 saturated heterocycles. The number of hydrogen-bond acceptors (Lipinski definition) is 4. The zero-order chi connectivity index (χ0) is 22.1. The lowest BCUT2D eigenvalue weighted by atomic mass is 10.1. The van der Waals surface area contributed by atoms with Crippen molar-refractivity contribution in [1.29, 1.82) is 0 Å². The summed E-state index contributed by atoms with van der Waals surface area (Å²) in [4.78, 5) is 17.4. The van der Waals surface area contributed by atoms with Gasteiger partial charge in [-0.05, 0) is 54.6 Å². The number of nitrogens with one attached hydrogen (secondary N) is 1. The predicted octanol–water partition coefficient (Wildman–Crippen LogP) is 5.04. The van der Waals surface area contributed by atoms with E-state index in [1.54, 1.807) is 30.1 Å². The van der Waals surface area contributed by atoms with Gasteiger partial charge >= 0.3 is 0 Å². The summed E-state index contributed by atoms with van der Waals surface area (Å²) < 4.78 is 20.5. The van der Waals surface area contributed by atoms with Gasteiger partial charge in [-0.1, -0.05) is 18.2 Å². The molecule has 0 spiro atoms. The van der Waals surface area contributed by atoms with Crippen molar-refractivity contribution in [3.05, 3.63) is 84.8 Å². The smallest absolute Gasteiger partial charge is 0.246 e. The van der Waals surface area contributed by atoms with E-state index in [4.69, 9.17) is 9.84 Å². The number of aromatic nitrogens is 3. The van der Waals surface area contributed by atoms with Gasteiger partial charge in [-0.25, -0.2) is 4.39 Å². The van der Waals surface area contributed by atoms with Crippen LogP contribution in [-0.2, 0) is 11.3 Å². The van der Waals surface area contributed by atoms with Crippen LogP contribution in [0, 0.1) is 5.82 Å². The minimum absolute atomic E-state index is 0.00289. The Balaban J connectivity index is 1.66. The van der Waals surface area contributed by atoms with Gasteiger partial charge in [-0.15, -0.1) is 0 Å². The number of rotatable bonds is 5. The van der Waals surface area contributed by atoms with Crippen molar-refractivity contribution in [1.82, 2.24) is 14.8 Å². The van der Waals surface area contributed by atoms with Crippen LogP contribution in [0.25, 0.3) is 33.1 Å². The van der Waals surface area contributed by atoms with Gasteiger partial charge in [0.25, 0.3) is 0 Å². The minimum Gasteiger partial charge on any atom is -0.497 e. The summed E-state index contributed by atoms with van der Waals surface area (Å²) in [6.45, 7) is 0.00289. The molecule has 0 unspecified atom stereocenters. The van der Waals surface area contributed by atoms with Crippen molar-refractivity contribution in [3.63, 3.8) is 0 Å². The summed E-state index contributed by atoms with van der Waals surface area (Å²) in [5.41, 5.74) is 3.60. The third-order valence-electron chi connectivity index (χ3n) is 5.25. The Bertz CT molecular complexity index is 1430. The molecule has 5 rings (SSSR count). The van der Waals surface area contributed by atoms with Crippen LogP contribution in [0.2, 0.25) is 0 Å². The summed E-state index contributed by atoms with van der Waals surface area (Å²) in [5.74, 6) is 0.142. The number of halogens is 1. The van der Waals surface area contributed by atoms with Crippen LogP contribution in [0.3, 0.4) is 0 Å². The Morgan fingerprint density at radius 1 is 1.03 bits per heavy atom. The molecule has 6 nitrogen and oxygen atoms in total. The van der Waals surface area contributed by atoms with Crippen LogP contribution in [0.15, 0.2) is 79.0 Å². The lowest BCUT2D eigenvalue weighted by molar-refractivity contribution is -0.116. The van der Waals surface area contributed by atoms with Gasteiger partial charge in [0, 0.05) is 28.2 Å². The Hall–Kier alpha value is -4.26. The number of hydrogen-bond donors (Lipinski definition) is 1. The third kappa shape index (κ3) is 3.65. The summed E-state index contributed by atoms with van der Waals surface area (Å²) in [7, 11) is 1.60. The predicted molar refractivity (Wildman–Crippen MR) is 122 cm³/mol. The summed E-state index contributed by atoms with van der Waals surface area (Å²) in [5, 5.41) is 9.20. The fraction of sp³-hybridized carbons (Fsp3) is 0.0800. The third-order valence-corrected chi connectivity index (χ3v) is 5.25. The number of pyridine rings is 1. The highest BCUT2D eigenvalue weighted by Gasteiger charge is 2.18. The Labute approximate surface area is 183 Å². The maximum Gasteiger partial charge on any atom is 0.246 e. The Kier molecular flexibility index (Phi) is 4.99. The number of anilines is 1. The van der Waals surface area contributed by atoms with Gasteiger partial charge in [0.2, 0.25) is 5.91 Å². The molecular weight excluding hydrogens is 407 g/mol. The molecule has 0 saturated carbocycles. The number of amides is 1. The van der Waals surface area contributed by atoms with Gasteiger partial charge < -0.3 is 10.1 Å². The van der Waals surface area contributed by atoms with E-state index in [1.807, 2.05) is 48.5 Å². The fourth-order valence-corrected chi connectivity index (χ4v) is 3.75. The molecule has 0 atom stereocenters. The maximum absolute atomic E-state index is 13.5. The second-order valence-electron chi connectivity index (χ2n) is 7.33. The topological polar surface area (TPSA) is 69.0 Å². The van der Waals surface area contributed by atoms with Crippen LogP contribution in [0.4, 0.5) is 10.1 Å². The van der Waals surface area contributed by atoms with E-state index in [0.717, 1.165) is 27.4 Å². The van der Waals surface area contributed by atoms with Crippen LogP contribution in [0.5, 0.6) is 5.75 Å². The van der Waals surface area contributed by atoms with Crippen molar-refractivity contribution in [2.24, 2.45) is 0 Å². The zero-order valence-electron chi connectivity index (χ0n) is 17.2. The fourth-order valence-electron chi connectivity index (χ4n) is 3.75. The lowest BCUT2D eigenvalue weighted by Gasteiger charge is -2.08. The lowest BCUT2D eigenvalue weighted by Crippen LogP contribution is -2.19. The number of carbonyl (C=O) groups is 1. The molecule has 1 N–H and O–H groups in total. The minimum atomic E-state index is -0.326. The largest absolute Gasteiger partial charge is 0.497 e. The van der Waals surface area contributed by atoms with E-state index in [0.29, 0.717) is 17.1 Å². The molecule has 158 valence electrons. The van der Waals surface area contributed by atoms with E-state index in [1.165, 1.54) is 12.1 Å². The first-order valence-corrected chi connectivity index (χ1v) is 10.1.